The van der Waals surface area contributed by atoms with E-state index in [2.05, 4.69) is 4.98 Å². The molecule has 1 aliphatic rings. The van der Waals surface area contributed by atoms with E-state index in [1.807, 2.05) is 6.07 Å². The van der Waals surface area contributed by atoms with Crippen LogP contribution in [0.25, 0.3) is 0 Å². The van der Waals surface area contributed by atoms with E-state index in [9.17, 15) is 18.6 Å². The molecule has 8 nitrogen and oxygen atoms in total. The lowest BCUT2D eigenvalue weighted by Gasteiger charge is -2.14. The summed E-state index contributed by atoms with van der Waals surface area (Å²) in [6.07, 6.45) is 3.16. The summed E-state index contributed by atoms with van der Waals surface area (Å²) in [5.41, 5.74) is 0.287. The molecule has 0 radical (unpaired) electrons. The molecule has 2 unspecified atom stereocenters. The summed E-state index contributed by atoms with van der Waals surface area (Å²) < 4.78 is 19.9. The highest BCUT2D eigenvalue weighted by molar-refractivity contribution is 7.85. The number of benzene rings is 1. The topological polar surface area (TPSA) is 100 Å². The predicted molar refractivity (Wildman–Crippen MR) is 105 cm³/mol. The van der Waals surface area contributed by atoms with Crippen LogP contribution in [0.15, 0.2) is 75.5 Å². The molecule has 3 heterocycles. The van der Waals surface area contributed by atoms with Crippen LogP contribution in [0.3, 0.4) is 0 Å². The Morgan fingerprint density at radius 2 is 1.83 bits per heavy atom. The van der Waals surface area contributed by atoms with Gasteiger partial charge in [-0.05, 0) is 23.3 Å². The van der Waals surface area contributed by atoms with Crippen LogP contribution in [-0.2, 0) is 33.5 Å². The van der Waals surface area contributed by atoms with Crippen molar-refractivity contribution in [1.82, 2.24) is 14.1 Å². The van der Waals surface area contributed by atoms with E-state index in [1.54, 1.807) is 48.8 Å². The van der Waals surface area contributed by atoms with Crippen molar-refractivity contribution in [2.24, 2.45) is 0 Å². The first-order chi connectivity index (χ1) is 14.0. The minimum absolute atomic E-state index is 0.0121. The second-order valence-electron chi connectivity index (χ2n) is 6.54. The van der Waals surface area contributed by atoms with Crippen molar-refractivity contribution in [2.75, 3.05) is 5.75 Å². The number of hydrogen-bond donors (Lipinski definition) is 0. The molecule has 0 saturated carbocycles. The number of pyridine rings is 1. The van der Waals surface area contributed by atoms with Crippen molar-refractivity contribution < 1.29 is 13.7 Å². The number of esters is 1. The Morgan fingerprint density at radius 1 is 1.10 bits per heavy atom. The molecule has 1 aliphatic heterocycles. The van der Waals surface area contributed by atoms with E-state index in [4.69, 9.17) is 4.74 Å². The van der Waals surface area contributed by atoms with Gasteiger partial charge in [-0.1, -0.05) is 30.3 Å². The molecule has 0 spiro atoms. The lowest BCUT2D eigenvalue weighted by molar-refractivity contribution is -0.148. The van der Waals surface area contributed by atoms with Crippen LogP contribution < -0.4 is 11.2 Å². The van der Waals surface area contributed by atoms with E-state index in [0.717, 1.165) is 26.3 Å². The summed E-state index contributed by atoms with van der Waals surface area (Å²) in [5, 5.41) is 0.0511. The average molecular weight is 411 g/mol. The first-order valence-electron chi connectivity index (χ1n) is 8.89. The zero-order chi connectivity index (χ0) is 20.4. The van der Waals surface area contributed by atoms with Gasteiger partial charge in [0.2, 0.25) is 0 Å². The van der Waals surface area contributed by atoms with Gasteiger partial charge in [0.1, 0.15) is 17.7 Å². The van der Waals surface area contributed by atoms with Gasteiger partial charge in [0.25, 0.3) is 5.56 Å². The molecule has 0 bridgehead atoms. The molecule has 9 heteroatoms. The third-order valence-electron chi connectivity index (χ3n) is 4.63. The van der Waals surface area contributed by atoms with E-state index < -0.39 is 34.1 Å². The average Bonchev–Trinajstić information content (AvgIpc) is 3.07. The van der Waals surface area contributed by atoms with Crippen LogP contribution in [0, 0.1) is 0 Å². The monoisotopic (exact) mass is 411 g/mol. The quantitative estimate of drug-likeness (QED) is 0.456. The van der Waals surface area contributed by atoms with E-state index in [1.165, 1.54) is 0 Å². The van der Waals surface area contributed by atoms with Crippen molar-refractivity contribution in [3.8, 4) is 0 Å². The van der Waals surface area contributed by atoms with Gasteiger partial charge < -0.3 is 4.74 Å². The number of carbonyl (C=O) groups is 1. The molecule has 2 atom stereocenters. The smallest absolute Gasteiger partial charge is 0.333 e. The zero-order valence-corrected chi connectivity index (χ0v) is 16.1. The Hall–Kier alpha value is -3.33. The lowest BCUT2D eigenvalue weighted by atomic mass is 10.2. The number of ether oxygens (including phenoxy) is 1. The molecule has 0 amide bonds. The molecule has 1 aromatic carbocycles. The summed E-state index contributed by atoms with van der Waals surface area (Å²) in [6.45, 7) is 0.0719. The highest BCUT2D eigenvalue weighted by Gasteiger charge is 2.37. The maximum atomic E-state index is 13.0. The van der Waals surface area contributed by atoms with E-state index >= 15 is 0 Å². The third-order valence-corrected chi connectivity index (χ3v) is 6.03. The summed E-state index contributed by atoms with van der Waals surface area (Å²) in [4.78, 5) is 41.9. The molecule has 0 N–H and O–H groups in total. The Morgan fingerprint density at radius 3 is 2.55 bits per heavy atom. The van der Waals surface area contributed by atoms with E-state index in [-0.39, 0.29) is 23.9 Å². The second kappa shape index (κ2) is 7.96. The van der Waals surface area contributed by atoms with Gasteiger partial charge in [-0.2, -0.15) is 0 Å². The first kappa shape index (κ1) is 19.0. The maximum Gasteiger partial charge on any atom is 0.333 e. The molecule has 29 heavy (non-hydrogen) atoms. The van der Waals surface area contributed by atoms with Crippen molar-refractivity contribution in [3.05, 3.63) is 92.9 Å². The van der Waals surface area contributed by atoms with Crippen LogP contribution in [0.5, 0.6) is 0 Å². The number of nitrogens with zero attached hydrogens (tertiary/aromatic N) is 3. The predicted octanol–water partition coefficient (Wildman–Crippen LogP) is 0.859. The van der Waals surface area contributed by atoms with Gasteiger partial charge >= 0.3 is 11.7 Å². The number of carbonyl (C=O) groups excluding carboxylic acids is 1. The van der Waals surface area contributed by atoms with Crippen LogP contribution in [0.4, 0.5) is 0 Å². The van der Waals surface area contributed by atoms with Crippen molar-refractivity contribution >= 4 is 16.8 Å². The molecule has 0 fully saturated rings. The van der Waals surface area contributed by atoms with Gasteiger partial charge in [0, 0.05) is 18.5 Å². The van der Waals surface area contributed by atoms with Gasteiger partial charge in [-0.15, -0.1) is 0 Å². The van der Waals surface area contributed by atoms with Gasteiger partial charge in [-0.25, -0.2) is 9.59 Å². The van der Waals surface area contributed by atoms with Crippen molar-refractivity contribution in [3.63, 3.8) is 0 Å². The second-order valence-corrected chi connectivity index (χ2v) is 7.98. The van der Waals surface area contributed by atoms with Crippen molar-refractivity contribution in [1.29, 1.82) is 0 Å². The Labute approximate surface area is 167 Å². The summed E-state index contributed by atoms with van der Waals surface area (Å²) in [5.74, 6) is -0.764. The Balaban J connectivity index is 1.65. The third kappa shape index (κ3) is 3.81. The largest absolute Gasteiger partial charge is 0.459 e. The van der Waals surface area contributed by atoms with Crippen molar-refractivity contribution in [2.45, 2.75) is 24.2 Å². The molecule has 4 rings (SSSR count). The van der Waals surface area contributed by atoms with E-state index in [0.29, 0.717) is 0 Å². The lowest BCUT2D eigenvalue weighted by Crippen LogP contribution is -2.42. The molecule has 148 valence electrons. The van der Waals surface area contributed by atoms with Crippen LogP contribution >= 0.6 is 0 Å². The molecule has 0 saturated heterocycles. The summed E-state index contributed by atoms with van der Waals surface area (Å²) in [6, 6.07) is 12.6. The van der Waals surface area contributed by atoms with Crippen LogP contribution in [0.2, 0.25) is 0 Å². The molecular weight excluding hydrogens is 394 g/mol. The molecule has 2 aromatic heterocycles. The SMILES string of the molecule is O=C(OCc1ccncc1)C1CS(=O)c2cc(=O)n(Cc3ccccc3)c(=O)n21. The fourth-order valence-electron chi connectivity index (χ4n) is 3.15. The normalized spacial score (nSPS) is 17.7. The highest BCUT2D eigenvalue weighted by Crippen LogP contribution is 2.23. The van der Waals surface area contributed by atoms with Crippen LogP contribution in [-0.4, -0.2) is 30.0 Å². The molecular formula is C20H17N3O5S. The first-order valence-corrected chi connectivity index (χ1v) is 10.2. The summed E-state index contributed by atoms with van der Waals surface area (Å²) in [7, 11) is -1.63. The zero-order valence-electron chi connectivity index (χ0n) is 15.3. The highest BCUT2D eigenvalue weighted by atomic mass is 32.2. The number of aromatic nitrogens is 3. The number of rotatable bonds is 5. The van der Waals surface area contributed by atoms with Crippen LogP contribution in [0.1, 0.15) is 17.2 Å². The Kier molecular flexibility index (Phi) is 5.22. The number of fused-ring (bicyclic) bond motifs is 1. The standard InChI is InChI=1S/C20H17N3O5S/c24-17-10-18-23(20(26)22(17)11-14-4-2-1-3-5-14)16(13-29(18)27)19(25)28-12-15-6-8-21-9-7-15/h1-10,16H,11-13H2. The molecule has 0 aliphatic carbocycles. The minimum atomic E-state index is -1.63. The Bertz CT molecular complexity index is 1190. The van der Waals surface area contributed by atoms with Gasteiger partial charge in [0.15, 0.2) is 0 Å². The fourth-order valence-corrected chi connectivity index (χ4v) is 4.55. The van der Waals surface area contributed by atoms with Gasteiger partial charge in [-0.3, -0.25) is 23.1 Å². The minimum Gasteiger partial charge on any atom is -0.459 e. The fraction of sp³-hybridized carbons (Fsp3) is 0.200. The molecule has 3 aromatic rings. The summed E-state index contributed by atoms with van der Waals surface area (Å²) >= 11 is 0. The van der Waals surface area contributed by atoms with Gasteiger partial charge in [0.05, 0.1) is 23.1 Å². The number of hydrogen-bond acceptors (Lipinski definition) is 6. The maximum absolute atomic E-state index is 13.0.